The van der Waals surface area contributed by atoms with E-state index < -0.39 is 0 Å². The van der Waals surface area contributed by atoms with E-state index in [1.807, 2.05) is 0 Å². The Kier molecular flexibility index (Phi) is 2.86. The minimum Gasteiger partial charge on any atom is -0.473 e. The molecule has 1 aromatic heterocycles. The molecule has 1 aliphatic rings. The van der Waals surface area contributed by atoms with Crippen molar-refractivity contribution < 1.29 is 9.22 Å². The van der Waals surface area contributed by atoms with Crippen LogP contribution in [0.2, 0.25) is 0 Å². The van der Waals surface area contributed by atoms with Crippen LogP contribution in [0.3, 0.4) is 0 Å². The number of aromatic nitrogens is 2. The summed E-state index contributed by atoms with van der Waals surface area (Å²) in [6.07, 6.45) is 7.51. The molecular weight excluding hydrogens is 190 g/mol. The molecule has 4 nitrogen and oxygen atoms in total. The normalized spacial score (nSPS) is 21.2. The molecule has 0 unspecified atom stereocenters. The Balaban J connectivity index is 1.88. The quantitative estimate of drug-likeness (QED) is 0.682. The van der Waals surface area contributed by atoms with Crippen LogP contribution in [0.1, 0.15) is 12.8 Å². The number of likely N-dealkylation sites (tertiary alicyclic amines) is 1. The van der Waals surface area contributed by atoms with Gasteiger partial charge in [0.05, 0.1) is 33.4 Å². The lowest BCUT2D eigenvalue weighted by atomic mass is 10.1. The molecule has 0 amide bonds. The molecule has 1 aromatic rings. The van der Waals surface area contributed by atoms with E-state index in [1.165, 1.54) is 13.1 Å². The number of quaternary nitrogens is 1. The standard InChI is InChI=1S/C11H18N3O/c1-14(2)7-3-10(4-8-14)15-11-9-12-5-6-13-11/h5-6,9-10H,3-4,7-8H2,1-2H3/q+1. The summed E-state index contributed by atoms with van der Waals surface area (Å²) in [5.41, 5.74) is 0. The molecule has 82 valence electrons. The lowest BCUT2D eigenvalue weighted by Gasteiger charge is -2.36. The Morgan fingerprint density at radius 2 is 2.00 bits per heavy atom. The van der Waals surface area contributed by atoms with Gasteiger partial charge in [0.15, 0.2) is 0 Å². The van der Waals surface area contributed by atoms with Crippen LogP contribution < -0.4 is 4.74 Å². The number of ether oxygens (including phenoxy) is 1. The van der Waals surface area contributed by atoms with Gasteiger partial charge in [0, 0.05) is 25.2 Å². The molecule has 0 radical (unpaired) electrons. The van der Waals surface area contributed by atoms with Crippen molar-refractivity contribution >= 4 is 0 Å². The van der Waals surface area contributed by atoms with Gasteiger partial charge in [0.1, 0.15) is 6.10 Å². The van der Waals surface area contributed by atoms with E-state index >= 15 is 0 Å². The average Bonchev–Trinajstić information content (AvgIpc) is 2.23. The Bertz CT molecular complexity index is 303. The number of rotatable bonds is 2. The fourth-order valence-corrected chi connectivity index (χ4v) is 1.88. The van der Waals surface area contributed by atoms with Crippen LogP contribution in [0.25, 0.3) is 0 Å². The number of piperidine rings is 1. The summed E-state index contributed by atoms with van der Waals surface area (Å²) in [6, 6.07) is 0. The zero-order valence-corrected chi connectivity index (χ0v) is 9.39. The molecule has 0 bridgehead atoms. The van der Waals surface area contributed by atoms with Gasteiger partial charge in [-0.15, -0.1) is 0 Å². The molecule has 0 aromatic carbocycles. The summed E-state index contributed by atoms with van der Waals surface area (Å²) < 4.78 is 6.86. The molecule has 2 rings (SSSR count). The summed E-state index contributed by atoms with van der Waals surface area (Å²) in [6.45, 7) is 2.34. The molecule has 4 heteroatoms. The van der Waals surface area contributed by atoms with Crippen molar-refractivity contribution in [2.75, 3.05) is 27.2 Å². The maximum absolute atomic E-state index is 5.76. The first-order valence-electron chi connectivity index (χ1n) is 5.40. The van der Waals surface area contributed by atoms with Crippen LogP contribution in [-0.2, 0) is 0 Å². The third kappa shape index (κ3) is 2.89. The van der Waals surface area contributed by atoms with Crippen LogP contribution in [0.15, 0.2) is 18.6 Å². The van der Waals surface area contributed by atoms with Crippen LogP contribution in [0.5, 0.6) is 5.88 Å². The second-order valence-electron chi connectivity index (χ2n) is 4.74. The predicted molar refractivity (Wildman–Crippen MR) is 57.5 cm³/mol. The molecule has 0 N–H and O–H groups in total. The summed E-state index contributed by atoms with van der Waals surface area (Å²) in [4.78, 5) is 8.11. The van der Waals surface area contributed by atoms with Crippen LogP contribution in [0.4, 0.5) is 0 Å². The van der Waals surface area contributed by atoms with Gasteiger partial charge in [-0.3, -0.25) is 4.98 Å². The lowest BCUT2D eigenvalue weighted by molar-refractivity contribution is -0.895. The smallest absolute Gasteiger partial charge is 0.232 e. The first-order chi connectivity index (χ1) is 7.16. The summed E-state index contributed by atoms with van der Waals surface area (Å²) in [5.74, 6) is 0.648. The second-order valence-corrected chi connectivity index (χ2v) is 4.74. The molecule has 0 atom stereocenters. The molecular formula is C11H18N3O+. The lowest BCUT2D eigenvalue weighted by Crippen LogP contribution is -2.48. The SMILES string of the molecule is C[N+]1(C)CCC(Oc2cnccn2)CC1. The van der Waals surface area contributed by atoms with Crippen LogP contribution in [0, 0.1) is 0 Å². The molecule has 1 saturated heterocycles. The van der Waals surface area contributed by atoms with Crippen molar-refractivity contribution in [1.82, 2.24) is 9.97 Å². The van der Waals surface area contributed by atoms with Crippen molar-refractivity contribution in [3.8, 4) is 5.88 Å². The minimum absolute atomic E-state index is 0.313. The Morgan fingerprint density at radius 1 is 1.27 bits per heavy atom. The Labute approximate surface area is 90.5 Å². The van der Waals surface area contributed by atoms with E-state index in [-0.39, 0.29) is 0 Å². The number of hydrogen-bond donors (Lipinski definition) is 0. The van der Waals surface area contributed by atoms with Gasteiger partial charge in [-0.1, -0.05) is 0 Å². The van der Waals surface area contributed by atoms with Crippen molar-refractivity contribution in [3.05, 3.63) is 18.6 Å². The molecule has 0 aliphatic carbocycles. The third-order valence-corrected chi connectivity index (χ3v) is 2.94. The van der Waals surface area contributed by atoms with Crippen molar-refractivity contribution in [2.24, 2.45) is 0 Å². The zero-order chi connectivity index (χ0) is 10.7. The molecule has 2 heterocycles. The highest BCUT2D eigenvalue weighted by atomic mass is 16.5. The highest BCUT2D eigenvalue weighted by Gasteiger charge is 2.27. The van der Waals surface area contributed by atoms with Gasteiger partial charge in [-0.05, 0) is 0 Å². The Morgan fingerprint density at radius 3 is 2.60 bits per heavy atom. The molecule has 15 heavy (non-hydrogen) atoms. The monoisotopic (exact) mass is 208 g/mol. The molecule has 0 spiro atoms. The van der Waals surface area contributed by atoms with Crippen LogP contribution in [-0.4, -0.2) is 47.7 Å². The van der Waals surface area contributed by atoms with Gasteiger partial charge >= 0.3 is 0 Å². The van der Waals surface area contributed by atoms with Gasteiger partial charge < -0.3 is 9.22 Å². The molecule has 1 aliphatic heterocycles. The van der Waals surface area contributed by atoms with Gasteiger partial charge in [-0.2, -0.15) is 0 Å². The first-order valence-corrected chi connectivity index (χ1v) is 5.40. The average molecular weight is 208 g/mol. The van der Waals surface area contributed by atoms with E-state index in [0.29, 0.717) is 12.0 Å². The van der Waals surface area contributed by atoms with Gasteiger partial charge in [0.2, 0.25) is 5.88 Å². The molecule has 0 saturated carbocycles. The van der Waals surface area contributed by atoms with E-state index in [2.05, 4.69) is 24.1 Å². The largest absolute Gasteiger partial charge is 0.473 e. The van der Waals surface area contributed by atoms with Gasteiger partial charge in [-0.25, -0.2) is 4.98 Å². The van der Waals surface area contributed by atoms with E-state index in [4.69, 9.17) is 4.74 Å². The zero-order valence-electron chi connectivity index (χ0n) is 9.39. The van der Waals surface area contributed by atoms with E-state index in [0.717, 1.165) is 17.3 Å². The summed E-state index contributed by atoms with van der Waals surface area (Å²) >= 11 is 0. The summed E-state index contributed by atoms with van der Waals surface area (Å²) in [5, 5.41) is 0. The van der Waals surface area contributed by atoms with E-state index in [9.17, 15) is 0 Å². The van der Waals surface area contributed by atoms with Crippen molar-refractivity contribution in [3.63, 3.8) is 0 Å². The van der Waals surface area contributed by atoms with Gasteiger partial charge in [0.25, 0.3) is 0 Å². The maximum Gasteiger partial charge on any atom is 0.232 e. The number of nitrogens with zero attached hydrogens (tertiary/aromatic N) is 3. The fourth-order valence-electron chi connectivity index (χ4n) is 1.88. The fraction of sp³-hybridized carbons (Fsp3) is 0.636. The topological polar surface area (TPSA) is 35.0 Å². The first kappa shape index (κ1) is 10.4. The van der Waals surface area contributed by atoms with Crippen molar-refractivity contribution in [1.29, 1.82) is 0 Å². The summed E-state index contributed by atoms with van der Waals surface area (Å²) in [7, 11) is 4.52. The highest BCUT2D eigenvalue weighted by molar-refractivity contribution is 5.02. The Hall–Kier alpha value is -1.16. The number of hydrogen-bond acceptors (Lipinski definition) is 3. The predicted octanol–water partition coefficient (Wildman–Crippen LogP) is 1.09. The van der Waals surface area contributed by atoms with Crippen molar-refractivity contribution in [2.45, 2.75) is 18.9 Å². The van der Waals surface area contributed by atoms with Crippen LogP contribution >= 0.6 is 0 Å². The third-order valence-electron chi connectivity index (χ3n) is 2.94. The second kappa shape index (κ2) is 4.14. The maximum atomic E-state index is 5.76. The molecule has 1 fully saturated rings. The van der Waals surface area contributed by atoms with E-state index in [1.54, 1.807) is 18.6 Å². The highest BCUT2D eigenvalue weighted by Crippen LogP contribution is 2.18. The minimum atomic E-state index is 0.313.